The van der Waals surface area contributed by atoms with E-state index in [2.05, 4.69) is 0 Å². The normalized spacial score (nSPS) is 11.2. The van der Waals surface area contributed by atoms with Crippen LogP contribution in [0.2, 0.25) is 0 Å². The SMILES string of the molecule is O=C(O)c1cc(C(=O)OCCOCCO)cc(S(=O)(=O)O)c1. The molecule has 0 unspecified atom stereocenters. The molecule has 0 spiro atoms. The van der Waals surface area contributed by atoms with Crippen LogP contribution in [0.5, 0.6) is 0 Å². The van der Waals surface area contributed by atoms with Gasteiger partial charge in [-0.05, 0) is 18.2 Å². The number of carbonyl (C=O) groups excluding carboxylic acids is 1. The number of hydrogen-bond donors (Lipinski definition) is 3. The molecule has 0 saturated carbocycles. The first kappa shape index (κ1) is 18.0. The van der Waals surface area contributed by atoms with Gasteiger partial charge in [-0.15, -0.1) is 0 Å². The van der Waals surface area contributed by atoms with Crippen LogP contribution in [-0.2, 0) is 19.6 Å². The number of benzene rings is 1. The molecule has 122 valence electrons. The Kier molecular flexibility index (Phi) is 6.43. The summed E-state index contributed by atoms with van der Waals surface area (Å²) < 4.78 is 40.7. The Morgan fingerprint density at radius 3 is 2.23 bits per heavy atom. The molecule has 0 bridgehead atoms. The fraction of sp³-hybridized carbons (Fsp3) is 0.333. The van der Waals surface area contributed by atoms with Crippen LogP contribution in [0.25, 0.3) is 0 Å². The summed E-state index contributed by atoms with van der Waals surface area (Å²) in [7, 11) is -4.67. The summed E-state index contributed by atoms with van der Waals surface area (Å²) in [4.78, 5) is 21.9. The van der Waals surface area contributed by atoms with Crippen molar-refractivity contribution in [3.05, 3.63) is 29.3 Å². The average Bonchev–Trinajstić information content (AvgIpc) is 2.45. The molecule has 0 radical (unpaired) electrons. The highest BCUT2D eigenvalue weighted by Crippen LogP contribution is 2.16. The molecule has 3 N–H and O–H groups in total. The van der Waals surface area contributed by atoms with Crippen LogP contribution >= 0.6 is 0 Å². The van der Waals surface area contributed by atoms with E-state index >= 15 is 0 Å². The van der Waals surface area contributed by atoms with Crippen molar-refractivity contribution in [1.82, 2.24) is 0 Å². The van der Waals surface area contributed by atoms with Crippen LogP contribution in [0.15, 0.2) is 23.1 Å². The summed E-state index contributed by atoms with van der Waals surface area (Å²) in [5.74, 6) is -2.44. The predicted molar refractivity (Wildman–Crippen MR) is 71.4 cm³/mol. The van der Waals surface area contributed by atoms with E-state index in [0.29, 0.717) is 0 Å². The molecule has 1 rings (SSSR count). The van der Waals surface area contributed by atoms with Crippen LogP contribution in [0.1, 0.15) is 20.7 Å². The molecule has 0 heterocycles. The van der Waals surface area contributed by atoms with Crippen LogP contribution in [-0.4, -0.2) is 61.5 Å². The lowest BCUT2D eigenvalue weighted by molar-refractivity contribution is 0.0258. The second-order valence-corrected chi connectivity index (χ2v) is 5.42. The Hall–Kier alpha value is -2.01. The van der Waals surface area contributed by atoms with E-state index in [1.54, 1.807) is 0 Å². The van der Waals surface area contributed by atoms with Gasteiger partial charge in [0.25, 0.3) is 10.1 Å². The van der Waals surface area contributed by atoms with Crippen molar-refractivity contribution < 1.29 is 42.2 Å². The monoisotopic (exact) mass is 334 g/mol. The van der Waals surface area contributed by atoms with E-state index in [-0.39, 0.29) is 32.0 Å². The number of ether oxygens (including phenoxy) is 2. The average molecular weight is 334 g/mol. The quantitative estimate of drug-likeness (QED) is 0.334. The van der Waals surface area contributed by atoms with Gasteiger partial charge in [-0.1, -0.05) is 0 Å². The zero-order valence-corrected chi connectivity index (χ0v) is 12.1. The predicted octanol–water partition coefficient (Wildman–Crippen LogP) is -0.203. The maximum Gasteiger partial charge on any atom is 0.338 e. The first-order valence-electron chi connectivity index (χ1n) is 5.97. The highest BCUT2D eigenvalue weighted by Gasteiger charge is 2.19. The molecule has 0 saturated heterocycles. The first-order chi connectivity index (χ1) is 10.3. The van der Waals surface area contributed by atoms with Crippen molar-refractivity contribution in [1.29, 1.82) is 0 Å². The summed E-state index contributed by atoms with van der Waals surface area (Å²) in [6, 6.07) is 2.45. The second-order valence-electron chi connectivity index (χ2n) is 4.00. The Morgan fingerprint density at radius 2 is 1.68 bits per heavy atom. The molecule has 0 aliphatic rings. The van der Waals surface area contributed by atoms with Crippen molar-refractivity contribution in [3.63, 3.8) is 0 Å². The standard InChI is InChI=1S/C12H14O9S/c13-1-2-20-3-4-21-12(16)9-5-8(11(14)15)6-10(7-9)22(17,18)19/h5-7,13H,1-4H2,(H,14,15)(H,17,18,19). The molecule has 0 atom stereocenters. The summed E-state index contributed by atoms with van der Waals surface area (Å²) >= 11 is 0. The molecule has 0 aliphatic heterocycles. The van der Waals surface area contributed by atoms with Gasteiger partial charge in [0.1, 0.15) is 6.61 Å². The van der Waals surface area contributed by atoms with E-state index in [1.165, 1.54) is 0 Å². The summed E-state index contributed by atoms with van der Waals surface area (Å²) in [5, 5.41) is 17.4. The Morgan fingerprint density at radius 1 is 1.05 bits per heavy atom. The minimum atomic E-state index is -4.67. The topological polar surface area (TPSA) is 147 Å². The minimum absolute atomic E-state index is 0.01000. The Balaban J connectivity index is 2.91. The van der Waals surface area contributed by atoms with Crippen LogP contribution in [0, 0.1) is 0 Å². The third kappa shape index (κ3) is 5.41. The third-order valence-corrected chi connectivity index (χ3v) is 3.21. The zero-order chi connectivity index (χ0) is 16.8. The van der Waals surface area contributed by atoms with Crippen LogP contribution < -0.4 is 0 Å². The number of carboxylic acid groups (broad SMARTS) is 1. The molecule has 22 heavy (non-hydrogen) atoms. The van der Waals surface area contributed by atoms with E-state index in [0.717, 1.165) is 18.2 Å². The molecule has 0 aliphatic carbocycles. The summed E-state index contributed by atoms with van der Waals surface area (Å²) in [6.07, 6.45) is 0. The fourth-order valence-electron chi connectivity index (χ4n) is 1.43. The molecule has 9 nitrogen and oxygen atoms in total. The van der Waals surface area contributed by atoms with Gasteiger partial charge in [-0.3, -0.25) is 4.55 Å². The van der Waals surface area contributed by atoms with Crippen LogP contribution in [0.3, 0.4) is 0 Å². The summed E-state index contributed by atoms with van der Waals surface area (Å²) in [5.41, 5.74) is -0.826. The summed E-state index contributed by atoms with van der Waals surface area (Å²) in [6.45, 7) is -0.279. The van der Waals surface area contributed by atoms with Crippen molar-refractivity contribution >= 4 is 22.1 Å². The number of hydrogen-bond acceptors (Lipinski definition) is 7. The van der Waals surface area contributed by atoms with Gasteiger partial charge in [-0.25, -0.2) is 9.59 Å². The molecule has 0 aromatic heterocycles. The molecular weight excluding hydrogens is 320 g/mol. The highest BCUT2D eigenvalue weighted by atomic mass is 32.2. The van der Waals surface area contributed by atoms with Crippen molar-refractivity contribution in [2.75, 3.05) is 26.4 Å². The van der Waals surface area contributed by atoms with Gasteiger partial charge in [0, 0.05) is 0 Å². The maximum absolute atomic E-state index is 11.7. The molecule has 1 aromatic rings. The molecular formula is C12H14O9S. The number of aliphatic hydroxyl groups excluding tert-OH is 1. The van der Waals surface area contributed by atoms with Crippen molar-refractivity contribution in [2.45, 2.75) is 4.90 Å². The number of carboxylic acids is 1. The number of esters is 1. The number of carbonyl (C=O) groups is 2. The van der Waals surface area contributed by atoms with Crippen molar-refractivity contribution in [3.8, 4) is 0 Å². The lowest BCUT2D eigenvalue weighted by Crippen LogP contribution is -2.14. The number of aromatic carboxylic acids is 1. The Labute approximate surface area is 125 Å². The maximum atomic E-state index is 11.7. The van der Waals surface area contributed by atoms with E-state index in [4.69, 9.17) is 24.2 Å². The third-order valence-electron chi connectivity index (χ3n) is 2.38. The molecule has 1 aromatic carbocycles. The van der Waals surface area contributed by atoms with Gasteiger partial charge in [-0.2, -0.15) is 8.42 Å². The largest absolute Gasteiger partial charge is 0.478 e. The molecule has 10 heteroatoms. The van der Waals surface area contributed by atoms with Crippen molar-refractivity contribution in [2.24, 2.45) is 0 Å². The fourth-order valence-corrected chi connectivity index (χ4v) is 1.98. The second kappa shape index (κ2) is 7.84. The number of aliphatic hydroxyl groups is 1. The first-order valence-corrected chi connectivity index (χ1v) is 7.41. The Bertz CT molecular complexity index is 651. The lowest BCUT2D eigenvalue weighted by Gasteiger charge is -2.07. The van der Waals surface area contributed by atoms with E-state index in [9.17, 15) is 18.0 Å². The minimum Gasteiger partial charge on any atom is -0.478 e. The van der Waals surface area contributed by atoms with Gasteiger partial charge >= 0.3 is 11.9 Å². The highest BCUT2D eigenvalue weighted by molar-refractivity contribution is 7.85. The number of rotatable bonds is 8. The van der Waals surface area contributed by atoms with Gasteiger partial charge in [0.05, 0.1) is 35.8 Å². The van der Waals surface area contributed by atoms with E-state index in [1.807, 2.05) is 0 Å². The van der Waals surface area contributed by atoms with Gasteiger partial charge < -0.3 is 19.7 Å². The van der Waals surface area contributed by atoms with E-state index < -0.39 is 32.5 Å². The van der Waals surface area contributed by atoms with Gasteiger partial charge in [0.2, 0.25) is 0 Å². The molecule has 0 fully saturated rings. The molecule has 0 amide bonds. The zero-order valence-electron chi connectivity index (χ0n) is 11.3. The van der Waals surface area contributed by atoms with Crippen LogP contribution in [0.4, 0.5) is 0 Å². The smallest absolute Gasteiger partial charge is 0.338 e. The lowest BCUT2D eigenvalue weighted by atomic mass is 10.1. The van der Waals surface area contributed by atoms with Gasteiger partial charge in [0.15, 0.2) is 0 Å².